The molecule has 34 heavy (non-hydrogen) atoms. The molecule has 0 radical (unpaired) electrons. The molecule has 3 heterocycles. The molecule has 0 bridgehead atoms. The van der Waals surface area contributed by atoms with Gasteiger partial charge in [-0.1, -0.05) is 42.5 Å². The van der Waals surface area contributed by atoms with Gasteiger partial charge in [0.05, 0.1) is 17.3 Å². The normalized spacial score (nSPS) is 20.5. The van der Waals surface area contributed by atoms with Crippen molar-refractivity contribution in [3.63, 3.8) is 0 Å². The van der Waals surface area contributed by atoms with Crippen LogP contribution in [-0.2, 0) is 16.0 Å². The van der Waals surface area contributed by atoms with Gasteiger partial charge < -0.3 is 15.1 Å². The predicted octanol–water partition coefficient (Wildman–Crippen LogP) is 3.58. The number of anilines is 1. The minimum atomic E-state index is -0.758. The number of thiazole rings is 1. The van der Waals surface area contributed by atoms with Crippen LogP contribution in [0.4, 0.5) is 5.69 Å². The fraction of sp³-hybridized carbons (Fsp3) is 0.308. The number of hydrogen-bond donors (Lipinski definition) is 1. The van der Waals surface area contributed by atoms with Crippen LogP contribution in [0.3, 0.4) is 0 Å². The highest BCUT2D eigenvalue weighted by Crippen LogP contribution is 2.33. The van der Waals surface area contributed by atoms with Crippen LogP contribution in [0.15, 0.2) is 66.2 Å². The highest BCUT2D eigenvalue weighted by atomic mass is 32.1. The lowest BCUT2D eigenvalue weighted by molar-refractivity contribution is -0.135. The van der Waals surface area contributed by atoms with Gasteiger partial charge in [-0.2, -0.15) is 0 Å². The van der Waals surface area contributed by atoms with E-state index in [1.807, 2.05) is 40.6 Å². The molecule has 2 aliphatic rings. The van der Waals surface area contributed by atoms with Gasteiger partial charge in [0.1, 0.15) is 17.6 Å². The summed E-state index contributed by atoms with van der Waals surface area (Å²) in [6, 6.07) is 15.7. The van der Waals surface area contributed by atoms with Gasteiger partial charge in [-0.05, 0) is 37.0 Å². The maximum atomic E-state index is 13.7. The third kappa shape index (κ3) is 4.46. The number of amides is 3. The number of nitrogens with zero attached hydrogens (tertiary/aromatic N) is 3. The summed E-state index contributed by atoms with van der Waals surface area (Å²) in [5.74, 6) is -0.715. The van der Waals surface area contributed by atoms with Crippen molar-refractivity contribution in [1.29, 1.82) is 0 Å². The minimum absolute atomic E-state index is 0.0709. The number of rotatable bonds is 5. The number of likely N-dealkylation sites (tertiary alicyclic amines) is 1. The zero-order chi connectivity index (χ0) is 23.5. The second kappa shape index (κ2) is 9.77. The Hall–Kier alpha value is -3.52. The monoisotopic (exact) mass is 474 g/mol. The topological polar surface area (TPSA) is 82.6 Å². The number of aromatic nitrogens is 1. The first kappa shape index (κ1) is 22.3. The van der Waals surface area contributed by atoms with Crippen LogP contribution < -0.4 is 10.2 Å². The van der Waals surface area contributed by atoms with E-state index in [0.29, 0.717) is 24.2 Å². The van der Waals surface area contributed by atoms with E-state index in [0.717, 1.165) is 29.8 Å². The molecule has 8 heteroatoms. The SMILES string of the molecule is O=C1NC(Cc2ccccc2)C(=O)N(CC(=O)N2CCCCC2c2nccs2)c2ccccc21. The molecule has 174 valence electrons. The number of hydrogen-bond acceptors (Lipinski definition) is 5. The summed E-state index contributed by atoms with van der Waals surface area (Å²) >= 11 is 1.55. The first-order valence-electron chi connectivity index (χ1n) is 11.6. The van der Waals surface area contributed by atoms with Crippen molar-refractivity contribution >= 4 is 34.7 Å². The molecular formula is C26H26N4O3S. The largest absolute Gasteiger partial charge is 0.340 e. The number of nitrogens with one attached hydrogen (secondary N) is 1. The van der Waals surface area contributed by atoms with E-state index in [1.165, 1.54) is 4.90 Å². The van der Waals surface area contributed by atoms with Crippen LogP contribution in [0.2, 0.25) is 0 Å². The molecule has 1 saturated heterocycles. The van der Waals surface area contributed by atoms with E-state index < -0.39 is 6.04 Å². The van der Waals surface area contributed by atoms with Crippen molar-refractivity contribution in [2.24, 2.45) is 0 Å². The van der Waals surface area contributed by atoms with Gasteiger partial charge in [0.25, 0.3) is 5.91 Å². The molecule has 2 unspecified atom stereocenters. The molecule has 3 amide bonds. The molecule has 2 atom stereocenters. The van der Waals surface area contributed by atoms with Crippen molar-refractivity contribution in [3.8, 4) is 0 Å². The molecule has 1 N–H and O–H groups in total. The molecule has 5 rings (SSSR count). The van der Waals surface area contributed by atoms with Gasteiger partial charge in [0.15, 0.2) is 0 Å². The zero-order valence-corrected chi connectivity index (χ0v) is 19.5. The van der Waals surface area contributed by atoms with Gasteiger partial charge in [0, 0.05) is 24.5 Å². The van der Waals surface area contributed by atoms with E-state index in [9.17, 15) is 14.4 Å². The molecule has 0 saturated carbocycles. The standard InChI is InChI=1S/C26H26N4O3S/c31-23(29-14-7-6-12-22(29)25-27-13-15-34-25)17-30-21-11-5-4-10-19(21)24(32)28-20(26(30)33)16-18-8-2-1-3-9-18/h1-5,8-11,13,15,20,22H,6-7,12,14,16-17H2,(H,28,32). The lowest BCUT2D eigenvalue weighted by Gasteiger charge is -2.36. The highest BCUT2D eigenvalue weighted by molar-refractivity contribution is 7.09. The number of para-hydroxylation sites is 1. The van der Waals surface area contributed by atoms with Crippen LogP contribution in [0, 0.1) is 0 Å². The maximum absolute atomic E-state index is 13.7. The molecule has 0 aliphatic carbocycles. The summed E-state index contributed by atoms with van der Waals surface area (Å²) in [6.07, 6.45) is 4.94. The fourth-order valence-corrected chi connectivity index (χ4v) is 5.55. The van der Waals surface area contributed by atoms with Crippen molar-refractivity contribution in [2.45, 2.75) is 37.8 Å². The number of benzene rings is 2. The molecule has 3 aromatic rings. The van der Waals surface area contributed by atoms with E-state index in [-0.39, 0.29) is 30.3 Å². The summed E-state index contributed by atoms with van der Waals surface area (Å²) in [5, 5.41) is 5.73. The Morgan fingerprint density at radius 2 is 1.85 bits per heavy atom. The number of carbonyl (C=O) groups excluding carboxylic acids is 3. The Morgan fingerprint density at radius 3 is 2.65 bits per heavy atom. The van der Waals surface area contributed by atoms with Crippen molar-refractivity contribution in [3.05, 3.63) is 82.3 Å². The van der Waals surface area contributed by atoms with Gasteiger partial charge >= 0.3 is 0 Å². The van der Waals surface area contributed by atoms with E-state index in [1.54, 1.807) is 41.8 Å². The lowest BCUT2D eigenvalue weighted by atomic mass is 10.0. The fourth-order valence-electron chi connectivity index (χ4n) is 4.77. The quantitative estimate of drug-likeness (QED) is 0.613. The van der Waals surface area contributed by atoms with E-state index in [4.69, 9.17) is 0 Å². The Morgan fingerprint density at radius 1 is 1.06 bits per heavy atom. The Labute approximate surface area is 202 Å². The molecule has 2 aromatic carbocycles. The average Bonchev–Trinajstić information content (AvgIpc) is 3.39. The first-order valence-corrected chi connectivity index (χ1v) is 12.4. The van der Waals surface area contributed by atoms with Crippen LogP contribution in [-0.4, -0.2) is 46.7 Å². The summed E-state index contributed by atoms with van der Waals surface area (Å²) in [6.45, 7) is 0.523. The average molecular weight is 475 g/mol. The molecule has 1 fully saturated rings. The second-order valence-electron chi connectivity index (χ2n) is 8.63. The minimum Gasteiger partial charge on any atom is -0.340 e. The Bertz CT molecular complexity index is 1180. The second-order valence-corrected chi connectivity index (χ2v) is 9.55. The van der Waals surface area contributed by atoms with Gasteiger partial charge in [-0.15, -0.1) is 11.3 Å². The molecule has 2 aliphatic heterocycles. The molecule has 1 aromatic heterocycles. The zero-order valence-electron chi connectivity index (χ0n) is 18.7. The van der Waals surface area contributed by atoms with Crippen molar-refractivity contribution < 1.29 is 14.4 Å². The van der Waals surface area contributed by atoms with Gasteiger partial charge in [0.2, 0.25) is 11.8 Å². The van der Waals surface area contributed by atoms with Crippen LogP contribution in [0.5, 0.6) is 0 Å². The third-order valence-electron chi connectivity index (χ3n) is 6.44. The highest BCUT2D eigenvalue weighted by Gasteiger charge is 2.37. The van der Waals surface area contributed by atoms with Gasteiger partial charge in [-0.3, -0.25) is 14.4 Å². The van der Waals surface area contributed by atoms with Crippen LogP contribution >= 0.6 is 11.3 Å². The summed E-state index contributed by atoms with van der Waals surface area (Å²) in [4.78, 5) is 48.1. The number of piperidine rings is 1. The number of fused-ring (bicyclic) bond motifs is 1. The Balaban J connectivity index is 1.44. The van der Waals surface area contributed by atoms with Crippen molar-refractivity contribution in [2.75, 3.05) is 18.0 Å². The maximum Gasteiger partial charge on any atom is 0.254 e. The third-order valence-corrected chi connectivity index (χ3v) is 7.32. The van der Waals surface area contributed by atoms with Crippen molar-refractivity contribution in [1.82, 2.24) is 15.2 Å². The van der Waals surface area contributed by atoms with E-state index in [2.05, 4.69) is 10.3 Å². The molecule has 7 nitrogen and oxygen atoms in total. The van der Waals surface area contributed by atoms with Crippen LogP contribution in [0.1, 0.15) is 46.2 Å². The number of carbonyl (C=O) groups is 3. The predicted molar refractivity (Wildman–Crippen MR) is 131 cm³/mol. The van der Waals surface area contributed by atoms with Crippen LogP contribution in [0.25, 0.3) is 0 Å². The smallest absolute Gasteiger partial charge is 0.254 e. The summed E-state index contributed by atoms with van der Waals surface area (Å²) in [7, 11) is 0. The Kier molecular flexibility index (Phi) is 6.40. The van der Waals surface area contributed by atoms with E-state index >= 15 is 0 Å². The molecule has 0 spiro atoms. The van der Waals surface area contributed by atoms with Gasteiger partial charge in [-0.25, -0.2) is 4.98 Å². The summed E-state index contributed by atoms with van der Waals surface area (Å²) < 4.78 is 0. The molecular weight excluding hydrogens is 448 g/mol. The first-order chi connectivity index (χ1) is 16.6. The lowest BCUT2D eigenvalue weighted by Crippen LogP contribution is -2.51. The summed E-state index contributed by atoms with van der Waals surface area (Å²) in [5.41, 5.74) is 1.81.